The number of halogens is 1. The molecule has 1 aliphatic heterocycles. The van der Waals surface area contributed by atoms with Gasteiger partial charge in [-0.2, -0.15) is 4.31 Å². The number of piperidine rings is 1. The summed E-state index contributed by atoms with van der Waals surface area (Å²) < 4.78 is 40.4. The Morgan fingerprint density at radius 2 is 2.00 bits per heavy atom. The average Bonchev–Trinajstić information content (AvgIpc) is 2.34. The standard InChI is InChI=1S/C14H21FN2O2S/c1-9-4-5-17(11(3)6-9)20(18,19)12-7-10(2)14(15)13(16)8-12/h7-9,11H,4-6,16H2,1-3H3. The quantitative estimate of drug-likeness (QED) is 0.854. The van der Waals surface area contributed by atoms with Gasteiger partial charge in [-0.25, -0.2) is 12.8 Å². The molecule has 20 heavy (non-hydrogen) atoms. The van der Waals surface area contributed by atoms with Crippen molar-refractivity contribution < 1.29 is 12.8 Å². The van der Waals surface area contributed by atoms with Gasteiger partial charge < -0.3 is 5.73 Å². The number of sulfonamides is 1. The van der Waals surface area contributed by atoms with Crippen LogP contribution in [0.15, 0.2) is 17.0 Å². The lowest BCUT2D eigenvalue weighted by atomic mass is 9.95. The third-order valence-electron chi connectivity index (χ3n) is 3.94. The first-order chi connectivity index (χ1) is 9.23. The van der Waals surface area contributed by atoms with Gasteiger partial charge in [-0.3, -0.25) is 0 Å². The number of benzene rings is 1. The number of aryl methyl sites for hydroxylation is 1. The van der Waals surface area contributed by atoms with Crippen molar-refractivity contribution >= 4 is 15.7 Å². The highest BCUT2D eigenvalue weighted by Crippen LogP contribution is 2.30. The maximum absolute atomic E-state index is 13.5. The van der Waals surface area contributed by atoms with Gasteiger partial charge >= 0.3 is 0 Å². The molecule has 1 fully saturated rings. The first kappa shape index (κ1) is 15.3. The van der Waals surface area contributed by atoms with E-state index in [1.165, 1.54) is 23.4 Å². The van der Waals surface area contributed by atoms with Crippen molar-refractivity contribution in [2.75, 3.05) is 12.3 Å². The van der Waals surface area contributed by atoms with Crippen LogP contribution in [0.3, 0.4) is 0 Å². The van der Waals surface area contributed by atoms with Crippen LogP contribution in [0.1, 0.15) is 32.3 Å². The molecule has 6 heteroatoms. The summed E-state index contributed by atoms with van der Waals surface area (Å²) in [5, 5.41) is 0. The van der Waals surface area contributed by atoms with Gasteiger partial charge in [0.15, 0.2) is 0 Å². The predicted molar refractivity (Wildman–Crippen MR) is 77.3 cm³/mol. The molecule has 1 aromatic rings. The Morgan fingerprint density at radius 1 is 1.35 bits per heavy atom. The van der Waals surface area contributed by atoms with Gasteiger partial charge in [0.05, 0.1) is 10.6 Å². The Balaban J connectivity index is 2.40. The molecule has 0 radical (unpaired) electrons. The molecule has 0 spiro atoms. The molecule has 112 valence electrons. The van der Waals surface area contributed by atoms with Crippen LogP contribution in [0.25, 0.3) is 0 Å². The second-order valence-corrected chi connectivity index (χ2v) is 7.63. The van der Waals surface area contributed by atoms with E-state index in [9.17, 15) is 12.8 Å². The van der Waals surface area contributed by atoms with Crippen molar-refractivity contribution in [2.45, 2.75) is 44.6 Å². The molecule has 0 saturated carbocycles. The summed E-state index contributed by atoms with van der Waals surface area (Å²) in [4.78, 5) is 0.0790. The number of nitrogen functional groups attached to an aromatic ring is 1. The Bertz CT molecular complexity index is 593. The molecule has 2 atom stereocenters. The number of nitrogens with two attached hydrogens (primary N) is 1. The summed E-state index contributed by atoms with van der Waals surface area (Å²) in [6, 6.07) is 2.52. The van der Waals surface area contributed by atoms with Gasteiger partial charge in [0.2, 0.25) is 10.0 Å². The molecule has 1 heterocycles. The average molecular weight is 300 g/mol. The van der Waals surface area contributed by atoms with Crippen molar-refractivity contribution in [3.05, 3.63) is 23.5 Å². The van der Waals surface area contributed by atoms with Crippen LogP contribution < -0.4 is 5.73 Å². The van der Waals surface area contributed by atoms with Crippen molar-refractivity contribution in [2.24, 2.45) is 5.92 Å². The highest BCUT2D eigenvalue weighted by atomic mass is 32.2. The number of nitrogens with zero attached hydrogens (tertiary/aromatic N) is 1. The van der Waals surface area contributed by atoms with Crippen LogP contribution in [-0.4, -0.2) is 25.3 Å². The lowest BCUT2D eigenvalue weighted by Gasteiger charge is -2.35. The minimum absolute atomic E-state index is 0.0460. The zero-order chi connectivity index (χ0) is 15.1. The third-order valence-corrected chi connectivity index (χ3v) is 5.93. The number of hydrogen-bond acceptors (Lipinski definition) is 3. The van der Waals surface area contributed by atoms with Crippen LogP contribution in [0.2, 0.25) is 0 Å². The van der Waals surface area contributed by atoms with Gasteiger partial charge in [-0.15, -0.1) is 0 Å². The van der Waals surface area contributed by atoms with E-state index in [4.69, 9.17) is 5.73 Å². The molecule has 2 rings (SSSR count). The smallest absolute Gasteiger partial charge is 0.243 e. The fourth-order valence-electron chi connectivity index (χ4n) is 2.79. The highest BCUT2D eigenvalue weighted by molar-refractivity contribution is 7.89. The minimum atomic E-state index is -3.61. The Hall–Kier alpha value is -1.14. The van der Waals surface area contributed by atoms with Gasteiger partial charge in [-0.05, 0) is 50.3 Å². The van der Waals surface area contributed by atoms with E-state index in [0.29, 0.717) is 12.5 Å². The topological polar surface area (TPSA) is 63.4 Å². The zero-order valence-corrected chi connectivity index (χ0v) is 12.9. The van der Waals surface area contributed by atoms with Crippen molar-refractivity contribution in [3.8, 4) is 0 Å². The summed E-state index contributed by atoms with van der Waals surface area (Å²) in [7, 11) is -3.61. The molecule has 2 N–H and O–H groups in total. The van der Waals surface area contributed by atoms with Gasteiger partial charge in [-0.1, -0.05) is 6.92 Å². The van der Waals surface area contributed by atoms with E-state index in [1.807, 2.05) is 6.92 Å². The largest absolute Gasteiger partial charge is 0.396 e. The molecule has 1 saturated heterocycles. The fourth-order valence-corrected chi connectivity index (χ4v) is 4.57. The van der Waals surface area contributed by atoms with Crippen molar-refractivity contribution in [1.29, 1.82) is 0 Å². The Labute approximate surface area is 119 Å². The minimum Gasteiger partial charge on any atom is -0.396 e. The molecule has 0 aromatic heterocycles. The van der Waals surface area contributed by atoms with Gasteiger partial charge in [0, 0.05) is 12.6 Å². The molecule has 0 bridgehead atoms. The summed E-state index contributed by atoms with van der Waals surface area (Å²) in [5.41, 5.74) is 5.67. The second-order valence-electron chi connectivity index (χ2n) is 5.74. The van der Waals surface area contributed by atoms with E-state index in [2.05, 4.69) is 6.92 Å². The van der Waals surface area contributed by atoms with Crippen LogP contribution in [-0.2, 0) is 10.0 Å². The molecule has 2 unspecified atom stereocenters. The zero-order valence-electron chi connectivity index (χ0n) is 12.1. The monoisotopic (exact) mass is 300 g/mol. The summed E-state index contributed by atoms with van der Waals surface area (Å²) >= 11 is 0. The number of anilines is 1. The lowest BCUT2D eigenvalue weighted by Crippen LogP contribution is -2.44. The SMILES string of the molecule is Cc1cc(S(=O)(=O)N2CCC(C)CC2C)cc(N)c1F. The summed E-state index contributed by atoms with van der Waals surface area (Å²) in [6.45, 7) is 6.06. The third kappa shape index (κ3) is 2.67. The molecule has 4 nitrogen and oxygen atoms in total. The fraction of sp³-hybridized carbons (Fsp3) is 0.571. The van der Waals surface area contributed by atoms with Gasteiger partial charge in [0.25, 0.3) is 0 Å². The van der Waals surface area contributed by atoms with E-state index in [1.54, 1.807) is 0 Å². The number of rotatable bonds is 2. The lowest BCUT2D eigenvalue weighted by molar-refractivity contribution is 0.220. The Kier molecular flexibility index (Phi) is 4.07. The molecule has 0 aliphatic carbocycles. The van der Waals surface area contributed by atoms with Crippen LogP contribution in [0.4, 0.5) is 10.1 Å². The predicted octanol–water partition coefficient (Wildman–Crippen LogP) is 2.53. The van der Waals surface area contributed by atoms with E-state index >= 15 is 0 Å². The van der Waals surface area contributed by atoms with E-state index in [-0.39, 0.29) is 22.2 Å². The maximum atomic E-state index is 13.5. The molecular weight excluding hydrogens is 279 g/mol. The van der Waals surface area contributed by atoms with Crippen molar-refractivity contribution in [3.63, 3.8) is 0 Å². The van der Waals surface area contributed by atoms with Crippen LogP contribution >= 0.6 is 0 Å². The Morgan fingerprint density at radius 3 is 2.55 bits per heavy atom. The molecular formula is C14H21FN2O2S. The summed E-state index contributed by atoms with van der Waals surface area (Å²) in [5.74, 6) is -0.0271. The van der Waals surface area contributed by atoms with Crippen LogP contribution in [0.5, 0.6) is 0 Å². The first-order valence-corrected chi connectivity index (χ1v) is 8.25. The second kappa shape index (κ2) is 5.33. The molecule has 1 aliphatic rings. The van der Waals surface area contributed by atoms with Crippen LogP contribution in [0, 0.1) is 18.7 Å². The van der Waals surface area contributed by atoms with Gasteiger partial charge in [0.1, 0.15) is 5.82 Å². The van der Waals surface area contributed by atoms with E-state index < -0.39 is 15.8 Å². The first-order valence-electron chi connectivity index (χ1n) is 6.81. The normalized spacial score (nSPS) is 24.8. The maximum Gasteiger partial charge on any atom is 0.243 e. The highest BCUT2D eigenvalue weighted by Gasteiger charge is 2.33. The number of hydrogen-bond donors (Lipinski definition) is 1. The molecule has 0 amide bonds. The summed E-state index contributed by atoms with van der Waals surface area (Å²) in [6.07, 6.45) is 1.69. The van der Waals surface area contributed by atoms with E-state index in [0.717, 1.165) is 12.8 Å². The molecule has 1 aromatic carbocycles. The van der Waals surface area contributed by atoms with Crippen molar-refractivity contribution in [1.82, 2.24) is 4.31 Å².